The van der Waals surface area contributed by atoms with Gasteiger partial charge in [0.15, 0.2) is 0 Å². The van der Waals surface area contributed by atoms with Gasteiger partial charge in [0.25, 0.3) is 5.91 Å². The van der Waals surface area contributed by atoms with Crippen molar-refractivity contribution in [1.29, 1.82) is 0 Å². The number of aryl methyl sites for hydroxylation is 1. The predicted octanol–water partition coefficient (Wildman–Crippen LogP) is 4.68. The van der Waals surface area contributed by atoms with Gasteiger partial charge in [0.05, 0.1) is 5.69 Å². The van der Waals surface area contributed by atoms with Gasteiger partial charge in [0.1, 0.15) is 15.7 Å². The molecule has 1 saturated heterocycles. The molecular formula is C23H23FN4O2S. The zero-order chi connectivity index (χ0) is 21.8. The van der Waals surface area contributed by atoms with E-state index in [1.165, 1.54) is 23.5 Å². The lowest BCUT2D eigenvalue weighted by Crippen LogP contribution is -2.47. The number of carbonyl (C=O) groups excluding carboxylic acids is 2. The van der Waals surface area contributed by atoms with Crippen molar-refractivity contribution in [2.45, 2.75) is 25.8 Å². The van der Waals surface area contributed by atoms with Gasteiger partial charge in [-0.1, -0.05) is 18.2 Å². The fraction of sp³-hybridized carbons (Fsp3) is 0.261. The molecule has 0 atom stereocenters. The van der Waals surface area contributed by atoms with Crippen LogP contribution in [0.15, 0.2) is 54.6 Å². The Morgan fingerprint density at radius 1 is 1.06 bits per heavy atom. The average molecular weight is 439 g/mol. The number of anilines is 1. The molecule has 0 aliphatic carbocycles. The van der Waals surface area contributed by atoms with Crippen LogP contribution in [-0.2, 0) is 0 Å². The van der Waals surface area contributed by atoms with E-state index in [4.69, 9.17) is 0 Å². The summed E-state index contributed by atoms with van der Waals surface area (Å²) in [6.45, 7) is 2.95. The van der Waals surface area contributed by atoms with Crippen LogP contribution in [0, 0.1) is 12.7 Å². The summed E-state index contributed by atoms with van der Waals surface area (Å²) in [7, 11) is 0. The van der Waals surface area contributed by atoms with Gasteiger partial charge >= 0.3 is 6.03 Å². The summed E-state index contributed by atoms with van der Waals surface area (Å²) in [5.74, 6) is -0.464. The number of piperidine rings is 1. The Morgan fingerprint density at radius 2 is 1.74 bits per heavy atom. The number of hydrogen-bond acceptors (Lipinski definition) is 4. The summed E-state index contributed by atoms with van der Waals surface area (Å²) >= 11 is 1.30. The molecule has 1 fully saturated rings. The number of nitrogens with zero attached hydrogens (tertiary/aromatic N) is 2. The van der Waals surface area contributed by atoms with E-state index < -0.39 is 0 Å². The van der Waals surface area contributed by atoms with Crippen molar-refractivity contribution in [3.05, 3.63) is 71.0 Å². The largest absolute Gasteiger partial charge is 0.348 e. The first-order valence-corrected chi connectivity index (χ1v) is 11.0. The van der Waals surface area contributed by atoms with Crippen LogP contribution in [0.3, 0.4) is 0 Å². The molecule has 2 N–H and O–H groups in total. The lowest BCUT2D eigenvalue weighted by molar-refractivity contribution is 0.0922. The quantitative estimate of drug-likeness (QED) is 0.621. The molecule has 4 rings (SSSR count). The van der Waals surface area contributed by atoms with Crippen molar-refractivity contribution in [1.82, 2.24) is 15.2 Å². The van der Waals surface area contributed by atoms with Crippen LogP contribution in [0.5, 0.6) is 0 Å². The van der Waals surface area contributed by atoms with Crippen molar-refractivity contribution in [2.24, 2.45) is 0 Å². The Balaban J connectivity index is 1.32. The molecule has 0 radical (unpaired) electrons. The van der Waals surface area contributed by atoms with E-state index in [0.717, 1.165) is 11.3 Å². The van der Waals surface area contributed by atoms with E-state index in [1.54, 1.807) is 24.0 Å². The fourth-order valence-corrected chi connectivity index (χ4v) is 4.50. The number of hydrogen-bond donors (Lipinski definition) is 2. The second kappa shape index (κ2) is 9.26. The Bertz CT molecular complexity index is 1060. The fourth-order valence-electron chi connectivity index (χ4n) is 3.52. The number of aromatic nitrogens is 1. The Hall–Kier alpha value is -3.26. The second-order valence-electron chi connectivity index (χ2n) is 7.47. The third-order valence-corrected chi connectivity index (χ3v) is 6.44. The van der Waals surface area contributed by atoms with Crippen molar-refractivity contribution in [2.75, 3.05) is 18.4 Å². The van der Waals surface area contributed by atoms with Gasteiger partial charge in [-0.2, -0.15) is 0 Å². The first-order valence-electron chi connectivity index (χ1n) is 10.1. The predicted molar refractivity (Wildman–Crippen MR) is 120 cm³/mol. The molecule has 1 aromatic heterocycles. The highest BCUT2D eigenvalue weighted by Gasteiger charge is 2.25. The SMILES string of the molecule is Cc1nc(-c2ccc(F)cc2)sc1C(=O)NC1CCN(C(=O)Nc2ccccc2)CC1. The molecule has 160 valence electrons. The van der Waals surface area contributed by atoms with Gasteiger partial charge < -0.3 is 15.5 Å². The van der Waals surface area contributed by atoms with E-state index in [2.05, 4.69) is 15.6 Å². The molecule has 1 aliphatic heterocycles. The van der Waals surface area contributed by atoms with Crippen molar-refractivity contribution in [3.8, 4) is 10.6 Å². The molecule has 3 amide bonds. The van der Waals surface area contributed by atoms with Gasteiger partial charge in [-0.3, -0.25) is 4.79 Å². The van der Waals surface area contributed by atoms with Crippen LogP contribution in [0.4, 0.5) is 14.9 Å². The van der Waals surface area contributed by atoms with Gasteiger partial charge in [-0.05, 0) is 56.2 Å². The molecule has 0 bridgehead atoms. The maximum Gasteiger partial charge on any atom is 0.321 e. The number of likely N-dealkylation sites (tertiary alicyclic amines) is 1. The highest BCUT2D eigenvalue weighted by molar-refractivity contribution is 7.17. The van der Waals surface area contributed by atoms with Crippen LogP contribution in [0.2, 0.25) is 0 Å². The monoisotopic (exact) mass is 438 g/mol. The topological polar surface area (TPSA) is 74.3 Å². The molecule has 2 heterocycles. The molecule has 8 heteroatoms. The molecule has 0 saturated carbocycles. The molecule has 31 heavy (non-hydrogen) atoms. The summed E-state index contributed by atoms with van der Waals surface area (Å²) in [5.41, 5.74) is 2.20. The summed E-state index contributed by atoms with van der Waals surface area (Å²) in [6.07, 6.45) is 1.38. The first-order chi connectivity index (χ1) is 15.0. The molecule has 1 aliphatic rings. The van der Waals surface area contributed by atoms with Crippen LogP contribution in [0.1, 0.15) is 28.2 Å². The standard InChI is InChI=1S/C23H23FN4O2S/c1-15-20(31-22(25-15)16-7-9-17(24)10-8-16)21(29)26-19-11-13-28(14-12-19)23(30)27-18-5-3-2-4-6-18/h2-10,19H,11-14H2,1H3,(H,26,29)(H,27,30). The molecule has 6 nitrogen and oxygen atoms in total. The summed E-state index contributed by atoms with van der Waals surface area (Å²) in [4.78, 5) is 32.0. The minimum atomic E-state index is -0.307. The number of para-hydroxylation sites is 1. The van der Waals surface area contributed by atoms with E-state index in [0.29, 0.717) is 41.5 Å². The number of amides is 3. The molecular weight excluding hydrogens is 415 g/mol. The Kier molecular flexibility index (Phi) is 6.27. The molecule has 0 spiro atoms. The number of rotatable bonds is 4. The lowest BCUT2D eigenvalue weighted by atomic mass is 10.1. The summed E-state index contributed by atoms with van der Waals surface area (Å²) in [5, 5.41) is 6.65. The van der Waals surface area contributed by atoms with Gasteiger partial charge in [0, 0.05) is 30.4 Å². The number of urea groups is 1. The van der Waals surface area contributed by atoms with Crippen LogP contribution < -0.4 is 10.6 Å². The van der Waals surface area contributed by atoms with Crippen LogP contribution in [0.25, 0.3) is 10.6 Å². The second-order valence-corrected chi connectivity index (χ2v) is 8.47. The third-order valence-electron chi connectivity index (χ3n) is 5.24. The van der Waals surface area contributed by atoms with Crippen molar-refractivity contribution in [3.63, 3.8) is 0 Å². The summed E-state index contributed by atoms with van der Waals surface area (Å²) < 4.78 is 13.2. The molecule has 3 aromatic rings. The third kappa shape index (κ3) is 5.08. The maximum absolute atomic E-state index is 13.2. The number of carbonyl (C=O) groups is 2. The van der Waals surface area contributed by atoms with Crippen LogP contribution in [-0.4, -0.2) is 41.0 Å². The van der Waals surface area contributed by atoms with Crippen LogP contribution >= 0.6 is 11.3 Å². The zero-order valence-corrected chi connectivity index (χ0v) is 17.9. The zero-order valence-electron chi connectivity index (χ0n) is 17.1. The van der Waals surface area contributed by atoms with Gasteiger partial charge in [-0.25, -0.2) is 14.2 Å². The number of thiazole rings is 1. The molecule has 0 unspecified atom stereocenters. The van der Waals surface area contributed by atoms with E-state index >= 15 is 0 Å². The maximum atomic E-state index is 13.2. The lowest BCUT2D eigenvalue weighted by Gasteiger charge is -2.32. The van der Waals surface area contributed by atoms with Crippen molar-refractivity contribution < 1.29 is 14.0 Å². The van der Waals surface area contributed by atoms with Crippen molar-refractivity contribution >= 4 is 29.0 Å². The average Bonchev–Trinajstić information content (AvgIpc) is 3.17. The Morgan fingerprint density at radius 3 is 2.42 bits per heavy atom. The van der Waals surface area contributed by atoms with E-state index in [-0.39, 0.29) is 23.8 Å². The number of nitrogens with one attached hydrogen (secondary N) is 2. The van der Waals surface area contributed by atoms with E-state index in [9.17, 15) is 14.0 Å². The highest BCUT2D eigenvalue weighted by Crippen LogP contribution is 2.28. The normalized spacial score (nSPS) is 14.3. The first kappa shape index (κ1) is 21.0. The smallest absolute Gasteiger partial charge is 0.321 e. The number of benzene rings is 2. The Labute approximate surface area is 184 Å². The number of halogens is 1. The minimum absolute atomic E-state index is 0.00375. The molecule has 2 aromatic carbocycles. The van der Waals surface area contributed by atoms with Gasteiger partial charge in [-0.15, -0.1) is 11.3 Å². The minimum Gasteiger partial charge on any atom is -0.348 e. The summed E-state index contributed by atoms with van der Waals surface area (Å²) in [6, 6.07) is 15.3. The highest BCUT2D eigenvalue weighted by atomic mass is 32.1. The van der Waals surface area contributed by atoms with Gasteiger partial charge in [0.2, 0.25) is 0 Å². The van der Waals surface area contributed by atoms with E-state index in [1.807, 2.05) is 30.3 Å².